The number of carbonyl (C=O) groups excluding carboxylic acids is 2. The minimum Gasteiger partial charge on any atom is -0.335 e. The summed E-state index contributed by atoms with van der Waals surface area (Å²) >= 11 is 7.50. The molecule has 1 saturated heterocycles. The number of halogens is 1. The Hall–Kier alpha value is -1.89. The monoisotopic (exact) mass is 403 g/mol. The van der Waals surface area contributed by atoms with Crippen molar-refractivity contribution in [3.8, 4) is 0 Å². The van der Waals surface area contributed by atoms with Crippen molar-refractivity contribution in [2.24, 2.45) is 0 Å². The van der Waals surface area contributed by atoms with Crippen LogP contribution < -0.4 is 0 Å². The van der Waals surface area contributed by atoms with Gasteiger partial charge in [0.05, 0.1) is 4.88 Å². The third kappa shape index (κ3) is 3.88. The molecule has 0 spiro atoms. The number of piperazine rings is 1. The number of carbonyl (C=O) groups is 2. The Morgan fingerprint density at radius 3 is 2.37 bits per heavy atom. The number of rotatable bonds is 2. The van der Waals surface area contributed by atoms with Gasteiger partial charge < -0.3 is 14.7 Å². The molecule has 3 heterocycles. The number of amides is 2. The molecule has 5 nitrogen and oxygen atoms in total. The summed E-state index contributed by atoms with van der Waals surface area (Å²) in [5.74, 6) is 0.133. The highest BCUT2D eigenvalue weighted by atomic mass is 35.5. The van der Waals surface area contributed by atoms with E-state index in [0.717, 1.165) is 43.0 Å². The quantitative estimate of drug-likeness (QED) is 0.774. The second-order valence-electron chi connectivity index (χ2n) is 7.14. The van der Waals surface area contributed by atoms with E-state index in [-0.39, 0.29) is 11.8 Å². The molecule has 142 valence electrons. The third-order valence-electron chi connectivity index (χ3n) is 5.25. The van der Waals surface area contributed by atoms with Gasteiger partial charge in [0.1, 0.15) is 0 Å². The number of fused-ring (bicyclic) bond motifs is 1. The molecule has 2 aliphatic rings. The number of likely N-dealkylation sites (N-methyl/N-ethyl adjacent to an activating group) is 1. The van der Waals surface area contributed by atoms with Crippen LogP contribution >= 0.6 is 22.9 Å². The van der Waals surface area contributed by atoms with Gasteiger partial charge in [-0.25, -0.2) is 0 Å². The maximum absolute atomic E-state index is 12.8. The van der Waals surface area contributed by atoms with E-state index in [1.54, 1.807) is 35.6 Å². The molecule has 0 bridgehead atoms. The highest BCUT2D eigenvalue weighted by molar-refractivity contribution is 7.14. The molecular formula is C20H22ClN3O2S. The van der Waals surface area contributed by atoms with Crippen molar-refractivity contribution in [2.45, 2.75) is 13.0 Å². The van der Waals surface area contributed by atoms with Gasteiger partial charge in [-0.05, 0) is 49.4 Å². The molecule has 0 N–H and O–H groups in total. The van der Waals surface area contributed by atoms with Crippen LogP contribution in [0.25, 0.3) is 0 Å². The van der Waals surface area contributed by atoms with Crippen molar-refractivity contribution in [2.75, 3.05) is 39.8 Å². The van der Waals surface area contributed by atoms with E-state index in [1.807, 2.05) is 15.9 Å². The Morgan fingerprint density at radius 2 is 1.67 bits per heavy atom. The van der Waals surface area contributed by atoms with Crippen LogP contribution in [0.4, 0.5) is 0 Å². The van der Waals surface area contributed by atoms with Crippen LogP contribution in [0.5, 0.6) is 0 Å². The maximum atomic E-state index is 12.8. The van der Waals surface area contributed by atoms with Gasteiger partial charge in [0.15, 0.2) is 0 Å². The number of nitrogens with zero attached hydrogens (tertiary/aromatic N) is 3. The van der Waals surface area contributed by atoms with Crippen LogP contribution in [0.15, 0.2) is 30.3 Å². The van der Waals surface area contributed by atoms with Crippen molar-refractivity contribution in [3.63, 3.8) is 0 Å². The Kier molecular flexibility index (Phi) is 5.21. The molecule has 1 aromatic heterocycles. The van der Waals surface area contributed by atoms with Crippen molar-refractivity contribution >= 4 is 34.8 Å². The summed E-state index contributed by atoms with van der Waals surface area (Å²) in [6.45, 7) is 4.62. The lowest BCUT2D eigenvalue weighted by atomic mass is 10.1. The minimum atomic E-state index is 0.00969. The molecular weight excluding hydrogens is 382 g/mol. The first-order valence-corrected chi connectivity index (χ1v) is 10.3. The molecule has 2 aromatic rings. The average Bonchev–Trinajstić information content (AvgIpc) is 3.11. The van der Waals surface area contributed by atoms with Crippen molar-refractivity contribution in [1.29, 1.82) is 0 Å². The van der Waals surface area contributed by atoms with E-state index in [1.165, 1.54) is 4.88 Å². The largest absolute Gasteiger partial charge is 0.335 e. The lowest BCUT2D eigenvalue weighted by Crippen LogP contribution is -2.46. The summed E-state index contributed by atoms with van der Waals surface area (Å²) in [5, 5.41) is 0.623. The molecule has 0 atom stereocenters. The van der Waals surface area contributed by atoms with Gasteiger partial charge in [0.2, 0.25) is 0 Å². The van der Waals surface area contributed by atoms with Gasteiger partial charge in [-0.3, -0.25) is 9.59 Å². The summed E-state index contributed by atoms with van der Waals surface area (Å²) in [7, 11) is 2.08. The zero-order chi connectivity index (χ0) is 19.0. The van der Waals surface area contributed by atoms with E-state index >= 15 is 0 Å². The molecule has 4 rings (SSSR count). The van der Waals surface area contributed by atoms with Crippen LogP contribution in [0, 0.1) is 0 Å². The van der Waals surface area contributed by atoms with Crippen LogP contribution in [0.2, 0.25) is 5.02 Å². The summed E-state index contributed by atoms with van der Waals surface area (Å²) in [6.07, 6.45) is 0.801. The Bertz CT molecular complexity index is 857. The Balaban J connectivity index is 1.46. The maximum Gasteiger partial charge on any atom is 0.264 e. The lowest BCUT2D eigenvalue weighted by molar-refractivity contribution is 0.0668. The molecule has 1 aromatic carbocycles. The average molecular weight is 404 g/mol. The van der Waals surface area contributed by atoms with E-state index in [2.05, 4.69) is 11.9 Å². The summed E-state index contributed by atoms with van der Waals surface area (Å²) in [5.41, 5.74) is 1.75. The van der Waals surface area contributed by atoms with Crippen LogP contribution in [-0.4, -0.2) is 66.3 Å². The fourth-order valence-corrected chi connectivity index (χ4v) is 4.81. The Morgan fingerprint density at radius 1 is 0.963 bits per heavy atom. The van der Waals surface area contributed by atoms with Crippen LogP contribution in [-0.2, 0) is 13.0 Å². The molecule has 0 unspecified atom stereocenters. The van der Waals surface area contributed by atoms with Crippen LogP contribution in [0.3, 0.4) is 0 Å². The molecule has 2 amide bonds. The Labute approximate surface area is 168 Å². The van der Waals surface area contributed by atoms with Gasteiger partial charge in [0.25, 0.3) is 11.8 Å². The standard InChI is InChI=1S/C20H22ClN3O2S/c1-22-8-10-23(11-9-22)20(26)18-12-15-13-24(7-6-17(15)27-18)19(25)14-2-4-16(21)5-3-14/h2-5,12H,6-11,13H2,1H3. The highest BCUT2D eigenvalue weighted by Crippen LogP contribution is 2.30. The first-order chi connectivity index (χ1) is 13.0. The second kappa shape index (κ2) is 7.62. The molecule has 0 aliphatic carbocycles. The zero-order valence-electron chi connectivity index (χ0n) is 15.3. The normalized spacial score (nSPS) is 17.7. The van der Waals surface area contributed by atoms with Gasteiger partial charge in [-0.15, -0.1) is 11.3 Å². The van der Waals surface area contributed by atoms with Crippen LogP contribution in [0.1, 0.15) is 30.5 Å². The minimum absolute atomic E-state index is 0.00969. The molecule has 1 fully saturated rings. The van der Waals surface area contributed by atoms with Gasteiger partial charge in [0, 0.05) is 54.7 Å². The second-order valence-corrected chi connectivity index (χ2v) is 8.71. The fourth-order valence-electron chi connectivity index (χ4n) is 3.55. The number of hydrogen-bond acceptors (Lipinski definition) is 4. The molecule has 27 heavy (non-hydrogen) atoms. The first kappa shape index (κ1) is 18.5. The molecule has 0 radical (unpaired) electrons. The fraction of sp³-hybridized carbons (Fsp3) is 0.400. The highest BCUT2D eigenvalue weighted by Gasteiger charge is 2.27. The SMILES string of the molecule is CN1CCN(C(=O)c2cc3c(s2)CCN(C(=O)c2ccc(Cl)cc2)C3)CC1. The van der Waals surface area contributed by atoms with Crippen molar-refractivity contribution in [3.05, 3.63) is 56.2 Å². The number of hydrogen-bond donors (Lipinski definition) is 0. The van der Waals surface area contributed by atoms with Gasteiger partial charge in [-0.2, -0.15) is 0 Å². The topological polar surface area (TPSA) is 43.9 Å². The predicted octanol–water partition coefficient (Wildman–Crippen LogP) is 2.99. The van der Waals surface area contributed by atoms with Gasteiger partial charge in [-0.1, -0.05) is 11.6 Å². The summed E-state index contributed by atoms with van der Waals surface area (Å²) in [4.78, 5) is 33.6. The van der Waals surface area contributed by atoms with Crippen molar-refractivity contribution < 1.29 is 9.59 Å². The summed E-state index contributed by atoms with van der Waals surface area (Å²) < 4.78 is 0. The van der Waals surface area contributed by atoms with Crippen molar-refractivity contribution in [1.82, 2.24) is 14.7 Å². The molecule has 0 saturated carbocycles. The first-order valence-electron chi connectivity index (χ1n) is 9.15. The van der Waals surface area contributed by atoms with E-state index in [4.69, 9.17) is 11.6 Å². The lowest BCUT2D eigenvalue weighted by Gasteiger charge is -2.32. The zero-order valence-corrected chi connectivity index (χ0v) is 16.9. The van der Waals surface area contributed by atoms with E-state index in [0.29, 0.717) is 23.7 Å². The molecule has 7 heteroatoms. The predicted molar refractivity (Wildman–Crippen MR) is 108 cm³/mol. The number of benzene rings is 1. The summed E-state index contributed by atoms with van der Waals surface area (Å²) in [6, 6.07) is 8.98. The number of thiophene rings is 1. The van der Waals surface area contributed by atoms with E-state index in [9.17, 15) is 9.59 Å². The van der Waals surface area contributed by atoms with E-state index < -0.39 is 0 Å². The molecule has 2 aliphatic heterocycles. The third-order valence-corrected chi connectivity index (χ3v) is 6.72. The smallest absolute Gasteiger partial charge is 0.264 e. The van der Waals surface area contributed by atoms with Gasteiger partial charge >= 0.3 is 0 Å².